The van der Waals surface area contributed by atoms with E-state index in [4.69, 9.17) is 10.00 Å². The van der Waals surface area contributed by atoms with Crippen molar-refractivity contribution in [3.05, 3.63) is 29.3 Å². The van der Waals surface area contributed by atoms with E-state index in [9.17, 15) is 13.2 Å². The van der Waals surface area contributed by atoms with E-state index < -0.39 is 12.6 Å². The summed E-state index contributed by atoms with van der Waals surface area (Å²) in [6.07, 6.45) is -5.05. The van der Waals surface area contributed by atoms with E-state index in [1.807, 2.05) is 6.07 Å². The van der Waals surface area contributed by atoms with Gasteiger partial charge in [0, 0.05) is 6.42 Å². The lowest BCUT2D eigenvalue weighted by molar-refractivity contribution is -0.136. The molecule has 0 atom stereocenters. The molecule has 0 aliphatic rings. The van der Waals surface area contributed by atoms with E-state index in [-0.39, 0.29) is 13.0 Å². The molecule has 0 aliphatic heterocycles. The van der Waals surface area contributed by atoms with E-state index in [0.717, 1.165) is 5.56 Å². The average Bonchev–Trinajstić information content (AvgIpc) is 2.23. The number of nitrogens with zero attached hydrogens (tertiary/aromatic N) is 1. The van der Waals surface area contributed by atoms with Gasteiger partial charge in [0.25, 0.3) is 0 Å². The first-order valence-electron chi connectivity index (χ1n) is 5.12. The Morgan fingerprint density at radius 1 is 1.35 bits per heavy atom. The highest BCUT2D eigenvalue weighted by Crippen LogP contribution is 2.22. The van der Waals surface area contributed by atoms with Gasteiger partial charge in [0.05, 0.1) is 18.2 Å². The number of ether oxygens (including phenoxy) is 1. The van der Waals surface area contributed by atoms with Crippen molar-refractivity contribution >= 4 is 0 Å². The summed E-state index contributed by atoms with van der Waals surface area (Å²) in [5, 5.41) is 8.70. The van der Waals surface area contributed by atoms with Crippen molar-refractivity contribution in [3.63, 3.8) is 0 Å². The molecule has 1 aromatic carbocycles. The van der Waals surface area contributed by atoms with Gasteiger partial charge in [-0.1, -0.05) is 0 Å². The van der Waals surface area contributed by atoms with Crippen LogP contribution in [0.2, 0.25) is 0 Å². The predicted octanol–water partition coefficient (Wildman–Crippen LogP) is 3.59. The molecule has 2 nitrogen and oxygen atoms in total. The Morgan fingerprint density at radius 3 is 2.59 bits per heavy atom. The molecule has 0 spiro atoms. The van der Waals surface area contributed by atoms with Crippen LogP contribution < -0.4 is 4.74 Å². The minimum Gasteiger partial charge on any atom is -0.494 e. The quantitative estimate of drug-likeness (QED) is 0.757. The zero-order chi connectivity index (χ0) is 12.9. The van der Waals surface area contributed by atoms with Gasteiger partial charge in [-0.2, -0.15) is 18.4 Å². The molecule has 0 bridgehead atoms. The van der Waals surface area contributed by atoms with Crippen molar-refractivity contribution in [1.82, 2.24) is 0 Å². The van der Waals surface area contributed by atoms with Crippen LogP contribution in [0.15, 0.2) is 18.2 Å². The lowest BCUT2D eigenvalue weighted by atomic mass is 10.1. The van der Waals surface area contributed by atoms with Crippen molar-refractivity contribution in [2.45, 2.75) is 25.9 Å². The summed E-state index contributed by atoms with van der Waals surface area (Å²) in [7, 11) is 0. The molecular weight excluding hydrogens is 231 g/mol. The second kappa shape index (κ2) is 5.58. The van der Waals surface area contributed by atoms with Crippen LogP contribution in [0.4, 0.5) is 13.2 Å². The van der Waals surface area contributed by atoms with E-state index in [1.54, 1.807) is 25.1 Å². The number of aryl methyl sites for hydroxylation is 1. The average molecular weight is 243 g/mol. The fourth-order valence-electron chi connectivity index (χ4n) is 1.31. The Hall–Kier alpha value is -1.70. The van der Waals surface area contributed by atoms with Crippen molar-refractivity contribution < 1.29 is 17.9 Å². The van der Waals surface area contributed by atoms with Gasteiger partial charge in [-0.15, -0.1) is 0 Å². The maximum Gasteiger partial charge on any atom is 0.389 e. The monoisotopic (exact) mass is 243 g/mol. The Kier molecular flexibility index (Phi) is 4.38. The number of rotatable bonds is 4. The minimum atomic E-state index is -4.13. The zero-order valence-electron chi connectivity index (χ0n) is 9.34. The van der Waals surface area contributed by atoms with Gasteiger partial charge in [0.15, 0.2) is 0 Å². The number of alkyl halides is 3. The van der Waals surface area contributed by atoms with Crippen LogP contribution in [0.5, 0.6) is 5.75 Å². The fourth-order valence-corrected chi connectivity index (χ4v) is 1.31. The van der Waals surface area contributed by atoms with Gasteiger partial charge in [-0.3, -0.25) is 0 Å². The van der Waals surface area contributed by atoms with Crippen LogP contribution in [0.3, 0.4) is 0 Å². The second-order valence-electron chi connectivity index (χ2n) is 3.66. The normalized spacial score (nSPS) is 11.0. The van der Waals surface area contributed by atoms with Gasteiger partial charge >= 0.3 is 6.18 Å². The Labute approximate surface area is 97.6 Å². The highest BCUT2D eigenvalue weighted by Gasteiger charge is 2.26. The van der Waals surface area contributed by atoms with Gasteiger partial charge < -0.3 is 4.74 Å². The first kappa shape index (κ1) is 13.4. The van der Waals surface area contributed by atoms with Crippen LogP contribution in [0, 0.1) is 18.3 Å². The Bertz CT molecular complexity index is 421. The molecule has 0 amide bonds. The summed E-state index contributed by atoms with van der Waals surface area (Å²) in [6, 6.07) is 6.82. The minimum absolute atomic E-state index is 0.0187. The van der Waals surface area contributed by atoms with E-state index in [2.05, 4.69) is 0 Å². The molecule has 0 N–H and O–H groups in total. The lowest BCUT2D eigenvalue weighted by Gasteiger charge is -2.09. The smallest absolute Gasteiger partial charge is 0.389 e. The number of hydrogen-bond acceptors (Lipinski definition) is 2. The summed E-state index contributed by atoms with van der Waals surface area (Å²) >= 11 is 0. The zero-order valence-corrected chi connectivity index (χ0v) is 9.34. The van der Waals surface area contributed by atoms with Gasteiger partial charge in [-0.05, 0) is 37.1 Å². The first-order chi connectivity index (χ1) is 7.92. The topological polar surface area (TPSA) is 33.0 Å². The van der Waals surface area contributed by atoms with Crippen molar-refractivity contribution in [2.75, 3.05) is 6.61 Å². The number of hydrogen-bond donors (Lipinski definition) is 0. The fraction of sp³-hybridized carbons (Fsp3) is 0.417. The van der Waals surface area contributed by atoms with Crippen molar-refractivity contribution in [1.29, 1.82) is 5.26 Å². The molecule has 0 aromatic heterocycles. The highest BCUT2D eigenvalue weighted by atomic mass is 19.4. The van der Waals surface area contributed by atoms with E-state index in [0.29, 0.717) is 11.3 Å². The molecule has 0 aliphatic carbocycles. The molecule has 0 fully saturated rings. The first-order valence-corrected chi connectivity index (χ1v) is 5.12. The SMILES string of the molecule is Cc1cc(OCCCC(F)(F)F)ccc1C#N. The third kappa shape index (κ3) is 4.77. The molecule has 92 valence electrons. The predicted molar refractivity (Wildman–Crippen MR) is 56.7 cm³/mol. The van der Waals surface area contributed by atoms with Crippen molar-refractivity contribution in [3.8, 4) is 11.8 Å². The maximum absolute atomic E-state index is 11.9. The third-order valence-electron chi connectivity index (χ3n) is 2.19. The summed E-state index contributed by atoms with van der Waals surface area (Å²) in [5.74, 6) is 0.490. The standard InChI is InChI=1S/C12H12F3NO/c1-9-7-11(4-3-10(9)8-16)17-6-2-5-12(13,14)15/h3-4,7H,2,5-6H2,1H3. The number of halogens is 3. The van der Waals surface area contributed by atoms with Crippen LogP contribution in [-0.2, 0) is 0 Å². The number of nitriles is 1. The van der Waals surface area contributed by atoms with Gasteiger partial charge in [0.2, 0.25) is 0 Å². The summed E-state index contributed by atoms with van der Waals surface area (Å²) in [4.78, 5) is 0. The molecule has 0 unspecified atom stereocenters. The molecular formula is C12H12F3NO. The van der Waals surface area contributed by atoms with Crippen LogP contribution in [-0.4, -0.2) is 12.8 Å². The number of benzene rings is 1. The molecule has 1 aromatic rings. The van der Waals surface area contributed by atoms with Crippen LogP contribution in [0.1, 0.15) is 24.0 Å². The van der Waals surface area contributed by atoms with E-state index in [1.165, 1.54) is 0 Å². The molecule has 1 rings (SSSR count). The third-order valence-corrected chi connectivity index (χ3v) is 2.19. The molecule has 0 saturated carbocycles. The largest absolute Gasteiger partial charge is 0.494 e. The van der Waals surface area contributed by atoms with Gasteiger partial charge in [-0.25, -0.2) is 0 Å². The Morgan fingerprint density at radius 2 is 2.06 bits per heavy atom. The van der Waals surface area contributed by atoms with Crippen molar-refractivity contribution in [2.24, 2.45) is 0 Å². The molecule has 17 heavy (non-hydrogen) atoms. The Balaban J connectivity index is 2.43. The van der Waals surface area contributed by atoms with Crippen LogP contribution >= 0.6 is 0 Å². The molecule has 5 heteroatoms. The molecule has 0 saturated heterocycles. The summed E-state index contributed by atoms with van der Waals surface area (Å²) in [6.45, 7) is 1.77. The lowest BCUT2D eigenvalue weighted by Crippen LogP contribution is -2.09. The second-order valence-corrected chi connectivity index (χ2v) is 3.66. The summed E-state index contributed by atoms with van der Waals surface area (Å²) < 4.78 is 40.7. The van der Waals surface area contributed by atoms with Gasteiger partial charge in [0.1, 0.15) is 5.75 Å². The highest BCUT2D eigenvalue weighted by molar-refractivity contribution is 5.41. The maximum atomic E-state index is 11.9. The van der Waals surface area contributed by atoms with E-state index >= 15 is 0 Å². The molecule has 0 heterocycles. The summed E-state index contributed by atoms with van der Waals surface area (Å²) in [5.41, 5.74) is 1.29. The molecule has 0 radical (unpaired) electrons. The van der Waals surface area contributed by atoms with Crippen LogP contribution in [0.25, 0.3) is 0 Å².